The highest BCUT2D eigenvalue weighted by molar-refractivity contribution is 7.14. The predicted octanol–water partition coefficient (Wildman–Crippen LogP) is 2.82. The van der Waals surface area contributed by atoms with E-state index in [0.717, 1.165) is 53.7 Å². The second-order valence-corrected chi connectivity index (χ2v) is 5.87. The third kappa shape index (κ3) is 4.84. The van der Waals surface area contributed by atoms with E-state index >= 15 is 0 Å². The van der Waals surface area contributed by atoms with Gasteiger partial charge in [-0.3, -0.25) is 0 Å². The van der Waals surface area contributed by atoms with Crippen LogP contribution in [0.5, 0.6) is 0 Å². The third-order valence-electron chi connectivity index (χ3n) is 3.12. The quantitative estimate of drug-likeness (QED) is 0.762. The summed E-state index contributed by atoms with van der Waals surface area (Å²) in [6.45, 7) is 4.47. The first kappa shape index (κ1) is 16.0. The van der Waals surface area contributed by atoms with Crippen molar-refractivity contribution in [1.29, 1.82) is 0 Å². The summed E-state index contributed by atoms with van der Waals surface area (Å²) >= 11 is 1.54. The van der Waals surface area contributed by atoms with E-state index in [1.54, 1.807) is 13.2 Å². The Morgan fingerprint density at radius 2 is 2.14 bits per heavy atom. The highest BCUT2D eigenvalue weighted by Crippen LogP contribution is 2.27. The molecular weight excluding hydrogens is 289 g/mol. The summed E-state index contributed by atoms with van der Waals surface area (Å²) < 4.78 is 18.3. The minimum atomic E-state index is -0.241. The molecule has 0 saturated heterocycles. The summed E-state index contributed by atoms with van der Waals surface area (Å²) in [5, 5.41) is 13.4. The monoisotopic (exact) mass is 309 g/mol. The number of aromatic nitrogens is 2. The molecular formula is C15H20FN3OS. The first-order chi connectivity index (χ1) is 10.2. The highest BCUT2D eigenvalue weighted by Gasteiger charge is 2.10. The summed E-state index contributed by atoms with van der Waals surface area (Å²) in [6.07, 6.45) is 1.88. The Hall–Kier alpha value is -1.37. The van der Waals surface area contributed by atoms with Gasteiger partial charge in [0.1, 0.15) is 15.8 Å². The Morgan fingerprint density at radius 1 is 1.29 bits per heavy atom. The maximum Gasteiger partial charge on any atom is 0.148 e. The van der Waals surface area contributed by atoms with E-state index in [4.69, 9.17) is 4.74 Å². The molecule has 0 bridgehead atoms. The van der Waals surface area contributed by atoms with Crippen molar-refractivity contribution >= 4 is 11.3 Å². The molecule has 21 heavy (non-hydrogen) atoms. The molecule has 1 aromatic heterocycles. The van der Waals surface area contributed by atoms with E-state index in [0.29, 0.717) is 0 Å². The average Bonchev–Trinajstić information content (AvgIpc) is 2.94. The number of halogens is 1. The number of benzene rings is 1. The molecule has 0 atom stereocenters. The second-order valence-electron chi connectivity index (χ2n) is 4.81. The van der Waals surface area contributed by atoms with Crippen LogP contribution in [0.3, 0.4) is 0 Å². The van der Waals surface area contributed by atoms with Gasteiger partial charge in [-0.1, -0.05) is 17.4 Å². The van der Waals surface area contributed by atoms with Gasteiger partial charge in [-0.15, -0.1) is 10.2 Å². The lowest BCUT2D eigenvalue weighted by atomic mass is 10.1. The van der Waals surface area contributed by atoms with E-state index in [1.165, 1.54) is 23.5 Å². The molecule has 6 heteroatoms. The molecule has 0 aliphatic rings. The maximum absolute atomic E-state index is 13.3. The van der Waals surface area contributed by atoms with E-state index in [2.05, 4.69) is 15.5 Å². The largest absolute Gasteiger partial charge is 0.383 e. The zero-order chi connectivity index (χ0) is 15.1. The van der Waals surface area contributed by atoms with Crippen LogP contribution in [-0.2, 0) is 11.2 Å². The van der Waals surface area contributed by atoms with Gasteiger partial charge in [0, 0.05) is 25.6 Å². The van der Waals surface area contributed by atoms with Crippen molar-refractivity contribution in [2.24, 2.45) is 0 Å². The van der Waals surface area contributed by atoms with Gasteiger partial charge < -0.3 is 10.1 Å². The van der Waals surface area contributed by atoms with Crippen LogP contribution in [0.15, 0.2) is 18.2 Å². The van der Waals surface area contributed by atoms with Crippen molar-refractivity contribution in [1.82, 2.24) is 15.5 Å². The molecule has 1 N–H and O–H groups in total. The number of ether oxygens (including phenoxy) is 1. The maximum atomic E-state index is 13.3. The van der Waals surface area contributed by atoms with Crippen molar-refractivity contribution in [3.63, 3.8) is 0 Å². The van der Waals surface area contributed by atoms with Crippen LogP contribution < -0.4 is 5.32 Å². The standard InChI is InChI=1S/C15H20FN3OS/c1-11-5-6-12(16)10-13(11)15-19-18-14(21-15)4-3-7-17-8-9-20-2/h5-6,10,17H,3-4,7-9H2,1-2H3. The number of rotatable bonds is 8. The zero-order valence-electron chi connectivity index (χ0n) is 12.4. The molecule has 0 saturated carbocycles. The molecule has 0 spiro atoms. The summed E-state index contributed by atoms with van der Waals surface area (Å²) in [5.41, 5.74) is 1.84. The van der Waals surface area contributed by atoms with Gasteiger partial charge >= 0.3 is 0 Å². The van der Waals surface area contributed by atoms with Gasteiger partial charge in [-0.05, 0) is 37.6 Å². The summed E-state index contributed by atoms with van der Waals surface area (Å²) in [7, 11) is 1.69. The SMILES string of the molecule is COCCNCCCc1nnc(-c2cc(F)ccc2C)s1. The number of aryl methyl sites for hydroxylation is 2. The van der Waals surface area contributed by atoms with Crippen LogP contribution in [0, 0.1) is 12.7 Å². The van der Waals surface area contributed by atoms with Crippen molar-refractivity contribution < 1.29 is 9.13 Å². The van der Waals surface area contributed by atoms with Gasteiger partial charge in [0.2, 0.25) is 0 Å². The van der Waals surface area contributed by atoms with Gasteiger partial charge in [0.15, 0.2) is 0 Å². The van der Waals surface area contributed by atoms with E-state index in [-0.39, 0.29) is 5.82 Å². The Morgan fingerprint density at radius 3 is 2.95 bits per heavy atom. The minimum Gasteiger partial charge on any atom is -0.383 e. The molecule has 1 heterocycles. The first-order valence-electron chi connectivity index (χ1n) is 6.99. The lowest BCUT2D eigenvalue weighted by Crippen LogP contribution is -2.20. The van der Waals surface area contributed by atoms with Crippen molar-refractivity contribution in [3.8, 4) is 10.6 Å². The number of methoxy groups -OCH3 is 1. The number of nitrogens with zero attached hydrogens (tertiary/aromatic N) is 2. The lowest BCUT2D eigenvalue weighted by Gasteiger charge is -2.02. The Kier molecular flexibility index (Phi) is 6.22. The number of hydrogen-bond donors (Lipinski definition) is 1. The Bertz CT molecular complexity index is 574. The van der Waals surface area contributed by atoms with Crippen LogP contribution in [0.1, 0.15) is 17.0 Å². The zero-order valence-corrected chi connectivity index (χ0v) is 13.2. The topological polar surface area (TPSA) is 47.0 Å². The number of nitrogens with one attached hydrogen (secondary N) is 1. The van der Waals surface area contributed by atoms with Crippen molar-refractivity contribution in [2.45, 2.75) is 19.8 Å². The third-order valence-corrected chi connectivity index (χ3v) is 4.14. The van der Waals surface area contributed by atoms with E-state index in [1.807, 2.05) is 6.92 Å². The Balaban J connectivity index is 1.88. The minimum absolute atomic E-state index is 0.241. The molecule has 2 aromatic rings. The van der Waals surface area contributed by atoms with Crippen LogP contribution in [0.25, 0.3) is 10.6 Å². The molecule has 0 aliphatic carbocycles. The van der Waals surface area contributed by atoms with Gasteiger partial charge in [-0.25, -0.2) is 4.39 Å². The fourth-order valence-corrected chi connectivity index (χ4v) is 2.91. The molecule has 0 radical (unpaired) electrons. The van der Waals surface area contributed by atoms with Crippen LogP contribution in [0.2, 0.25) is 0 Å². The predicted molar refractivity (Wildman–Crippen MR) is 83.1 cm³/mol. The second kappa shape index (κ2) is 8.17. The summed E-state index contributed by atoms with van der Waals surface area (Å²) in [4.78, 5) is 0. The first-order valence-corrected chi connectivity index (χ1v) is 7.81. The number of hydrogen-bond acceptors (Lipinski definition) is 5. The smallest absolute Gasteiger partial charge is 0.148 e. The fourth-order valence-electron chi connectivity index (χ4n) is 1.95. The molecule has 4 nitrogen and oxygen atoms in total. The summed E-state index contributed by atoms with van der Waals surface area (Å²) in [5.74, 6) is -0.241. The average molecular weight is 309 g/mol. The van der Waals surface area contributed by atoms with E-state index in [9.17, 15) is 4.39 Å². The molecule has 0 amide bonds. The molecule has 0 fully saturated rings. The normalized spacial score (nSPS) is 11.0. The Labute approximate surface area is 128 Å². The molecule has 114 valence electrons. The lowest BCUT2D eigenvalue weighted by molar-refractivity contribution is 0.199. The van der Waals surface area contributed by atoms with Crippen LogP contribution >= 0.6 is 11.3 Å². The highest BCUT2D eigenvalue weighted by atomic mass is 32.1. The van der Waals surface area contributed by atoms with Gasteiger partial charge in [0.05, 0.1) is 6.61 Å². The molecule has 2 rings (SSSR count). The van der Waals surface area contributed by atoms with Gasteiger partial charge in [0.25, 0.3) is 0 Å². The van der Waals surface area contributed by atoms with Crippen molar-refractivity contribution in [2.75, 3.05) is 26.8 Å². The van der Waals surface area contributed by atoms with E-state index < -0.39 is 0 Å². The summed E-state index contributed by atoms with van der Waals surface area (Å²) in [6, 6.07) is 4.75. The molecule has 0 aliphatic heterocycles. The van der Waals surface area contributed by atoms with Gasteiger partial charge in [-0.2, -0.15) is 0 Å². The fraction of sp³-hybridized carbons (Fsp3) is 0.467. The molecule has 0 unspecified atom stereocenters. The van der Waals surface area contributed by atoms with Crippen LogP contribution in [-0.4, -0.2) is 37.0 Å². The van der Waals surface area contributed by atoms with Crippen molar-refractivity contribution in [3.05, 3.63) is 34.6 Å². The van der Waals surface area contributed by atoms with Crippen LogP contribution in [0.4, 0.5) is 4.39 Å². The molecule has 1 aromatic carbocycles.